The number of ether oxygens (including phenoxy) is 1. The molecule has 0 radical (unpaired) electrons. The second-order valence-electron chi connectivity index (χ2n) is 4.85. The highest BCUT2D eigenvalue weighted by Crippen LogP contribution is 2.28. The molecule has 2 nitrogen and oxygen atoms in total. The van der Waals surface area contributed by atoms with Crippen molar-refractivity contribution in [3.8, 4) is 5.75 Å². The van der Waals surface area contributed by atoms with E-state index in [0.29, 0.717) is 16.3 Å². The van der Waals surface area contributed by atoms with Gasteiger partial charge < -0.3 is 10.1 Å². The van der Waals surface area contributed by atoms with Crippen molar-refractivity contribution >= 4 is 11.6 Å². The van der Waals surface area contributed by atoms with Crippen molar-refractivity contribution < 1.29 is 9.13 Å². The predicted octanol–water partition coefficient (Wildman–Crippen LogP) is 4.73. The van der Waals surface area contributed by atoms with Crippen molar-refractivity contribution in [1.82, 2.24) is 5.32 Å². The van der Waals surface area contributed by atoms with Crippen LogP contribution in [-0.4, -0.2) is 6.54 Å². The standard InChI is InChI=1S/C17H19ClFNO/c1-3-20-12(2)13-8-9-17(15(18)10-13)21-11-14-6-4-5-7-16(14)19/h4-10,12,20H,3,11H2,1-2H3. The van der Waals surface area contributed by atoms with E-state index in [4.69, 9.17) is 16.3 Å². The van der Waals surface area contributed by atoms with E-state index in [0.717, 1.165) is 12.1 Å². The summed E-state index contributed by atoms with van der Waals surface area (Å²) in [4.78, 5) is 0. The molecule has 2 rings (SSSR count). The Morgan fingerprint density at radius 2 is 2.00 bits per heavy atom. The molecule has 0 spiro atoms. The number of benzene rings is 2. The second-order valence-corrected chi connectivity index (χ2v) is 5.26. The van der Waals surface area contributed by atoms with Gasteiger partial charge in [-0.1, -0.05) is 42.8 Å². The quantitative estimate of drug-likeness (QED) is 0.833. The molecule has 0 amide bonds. The van der Waals surface area contributed by atoms with Gasteiger partial charge in [0.1, 0.15) is 18.2 Å². The summed E-state index contributed by atoms with van der Waals surface area (Å²) in [5.41, 5.74) is 1.61. The van der Waals surface area contributed by atoms with Gasteiger partial charge in [0.25, 0.3) is 0 Å². The third-order valence-corrected chi connectivity index (χ3v) is 3.60. The van der Waals surface area contributed by atoms with Gasteiger partial charge >= 0.3 is 0 Å². The molecule has 0 saturated heterocycles. The van der Waals surface area contributed by atoms with E-state index < -0.39 is 0 Å². The minimum Gasteiger partial charge on any atom is -0.487 e. The molecule has 0 saturated carbocycles. The Kier molecular flexibility index (Phi) is 5.59. The summed E-state index contributed by atoms with van der Waals surface area (Å²) in [7, 11) is 0. The number of hydrogen-bond donors (Lipinski definition) is 1. The number of halogens is 2. The summed E-state index contributed by atoms with van der Waals surface area (Å²) >= 11 is 6.23. The summed E-state index contributed by atoms with van der Waals surface area (Å²) in [5, 5.41) is 3.86. The van der Waals surface area contributed by atoms with Crippen LogP contribution in [0.3, 0.4) is 0 Å². The first kappa shape index (κ1) is 15.8. The molecule has 2 aromatic rings. The minimum absolute atomic E-state index is 0.161. The van der Waals surface area contributed by atoms with Crippen LogP contribution < -0.4 is 10.1 Å². The third-order valence-electron chi connectivity index (χ3n) is 3.31. The fraction of sp³-hybridized carbons (Fsp3) is 0.294. The normalized spacial score (nSPS) is 12.2. The van der Waals surface area contributed by atoms with E-state index in [1.165, 1.54) is 6.07 Å². The lowest BCUT2D eigenvalue weighted by Gasteiger charge is -2.15. The van der Waals surface area contributed by atoms with Crippen LogP contribution in [0.1, 0.15) is 31.0 Å². The summed E-state index contributed by atoms with van der Waals surface area (Å²) in [6, 6.07) is 12.5. The van der Waals surface area contributed by atoms with Crippen molar-refractivity contribution in [2.75, 3.05) is 6.54 Å². The first-order chi connectivity index (χ1) is 10.1. The van der Waals surface area contributed by atoms with Crippen LogP contribution in [0.2, 0.25) is 5.02 Å². The first-order valence-electron chi connectivity index (χ1n) is 7.01. The van der Waals surface area contributed by atoms with Gasteiger partial charge in [-0.15, -0.1) is 0 Å². The largest absolute Gasteiger partial charge is 0.487 e. The van der Waals surface area contributed by atoms with Gasteiger partial charge in [-0.3, -0.25) is 0 Å². The van der Waals surface area contributed by atoms with Crippen LogP contribution in [0, 0.1) is 5.82 Å². The van der Waals surface area contributed by atoms with E-state index in [1.807, 2.05) is 18.2 Å². The molecule has 0 bridgehead atoms. The predicted molar refractivity (Wildman–Crippen MR) is 84.3 cm³/mol. The molecule has 0 aliphatic carbocycles. The zero-order valence-corrected chi connectivity index (χ0v) is 13.0. The van der Waals surface area contributed by atoms with Gasteiger partial charge in [-0.2, -0.15) is 0 Å². The van der Waals surface area contributed by atoms with Gasteiger partial charge in [0, 0.05) is 11.6 Å². The lowest BCUT2D eigenvalue weighted by Crippen LogP contribution is -2.17. The monoisotopic (exact) mass is 307 g/mol. The molecule has 0 aliphatic heterocycles. The topological polar surface area (TPSA) is 21.3 Å². The maximum atomic E-state index is 13.5. The van der Waals surface area contributed by atoms with Crippen molar-refractivity contribution in [3.63, 3.8) is 0 Å². The molecule has 1 unspecified atom stereocenters. The summed E-state index contributed by atoms with van der Waals surface area (Å²) in [6.07, 6.45) is 0. The molecule has 1 atom stereocenters. The van der Waals surface area contributed by atoms with Gasteiger partial charge in [0.2, 0.25) is 0 Å². The van der Waals surface area contributed by atoms with Crippen LogP contribution in [0.4, 0.5) is 4.39 Å². The Labute approximate surface area is 129 Å². The zero-order chi connectivity index (χ0) is 15.2. The zero-order valence-electron chi connectivity index (χ0n) is 12.2. The van der Waals surface area contributed by atoms with Crippen molar-refractivity contribution in [3.05, 3.63) is 64.4 Å². The van der Waals surface area contributed by atoms with Crippen molar-refractivity contribution in [1.29, 1.82) is 0 Å². The number of hydrogen-bond acceptors (Lipinski definition) is 2. The van der Waals surface area contributed by atoms with Gasteiger partial charge in [-0.05, 0) is 37.2 Å². The van der Waals surface area contributed by atoms with E-state index in [2.05, 4.69) is 19.2 Å². The van der Waals surface area contributed by atoms with Crippen LogP contribution in [0.15, 0.2) is 42.5 Å². The average molecular weight is 308 g/mol. The van der Waals surface area contributed by atoms with Crippen LogP contribution in [-0.2, 0) is 6.61 Å². The molecular formula is C17H19ClFNO. The smallest absolute Gasteiger partial charge is 0.138 e. The molecule has 0 aliphatic rings. The second kappa shape index (κ2) is 7.43. The molecule has 4 heteroatoms. The molecule has 0 fully saturated rings. The lowest BCUT2D eigenvalue weighted by molar-refractivity contribution is 0.300. The molecular weight excluding hydrogens is 289 g/mol. The molecule has 0 heterocycles. The Morgan fingerprint density at radius 1 is 1.24 bits per heavy atom. The fourth-order valence-electron chi connectivity index (χ4n) is 2.10. The van der Waals surface area contributed by atoms with Crippen LogP contribution in [0.5, 0.6) is 5.75 Å². The molecule has 112 valence electrons. The Hall–Kier alpha value is -1.58. The van der Waals surface area contributed by atoms with Crippen molar-refractivity contribution in [2.24, 2.45) is 0 Å². The fourth-order valence-corrected chi connectivity index (χ4v) is 2.34. The highest BCUT2D eigenvalue weighted by atomic mass is 35.5. The third kappa shape index (κ3) is 4.19. The van der Waals surface area contributed by atoms with E-state index in [-0.39, 0.29) is 18.5 Å². The first-order valence-corrected chi connectivity index (χ1v) is 7.38. The summed E-state index contributed by atoms with van der Waals surface area (Å²) in [5.74, 6) is 0.290. The molecule has 2 aromatic carbocycles. The SMILES string of the molecule is CCNC(C)c1ccc(OCc2ccccc2F)c(Cl)c1. The van der Waals surface area contributed by atoms with Crippen LogP contribution in [0.25, 0.3) is 0 Å². The maximum absolute atomic E-state index is 13.5. The van der Waals surface area contributed by atoms with E-state index >= 15 is 0 Å². The summed E-state index contributed by atoms with van der Waals surface area (Å²) < 4.78 is 19.1. The average Bonchev–Trinajstić information content (AvgIpc) is 2.47. The van der Waals surface area contributed by atoms with Gasteiger partial charge in [-0.25, -0.2) is 4.39 Å². The summed E-state index contributed by atoms with van der Waals surface area (Å²) in [6.45, 7) is 5.19. The maximum Gasteiger partial charge on any atom is 0.138 e. The molecule has 1 N–H and O–H groups in total. The Balaban J connectivity index is 2.06. The van der Waals surface area contributed by atoms with Crippen LogP contribution >= 0.6 is 11.6 Å². The van der Waals surface area contributed by atoms with Gasteiger partial charge in [0.15, 0.2) is 0 Å². The highest BCUT2D eigenvalue weighted by Gasteiger charge is 2.09. The minimum atomic E-state index is -0.272. The van der Waals surface area contributed by atoms with E-state index in [1.54, 1.807) is 18.2 Å². The lowest BCUT2D eigenvalue weighted by atomic mass is 10.1. The Bertz CT molecular complexity index is 603. The number of nitrogens with one attached hydrogen (secondary N) is 1. The van der Waals surface area contributed by atoms with Gasteiger partial charge in [0.05, 0.1) is 5.02 Å². The molecule has 21 heavy (non-hydrogen) atoms. The van der Waals surface area contributed by atoms with Crippen molar-refractivity contribution in [2.45, 2.75) is 26.5 Å². The highest BCUT2D eigenvalue weighted by molar-refractivity contribution is 6.32. The van der Waals surface area contributed by atoms with E-state index in [9.17, 15) is 4.39 Å². The number of rotatable bonds is 6. The Morgan fingerprint density at radius 3 is 2.67 bits per heavy atom. The molecule has 0 aromatic heterocycles.